The van der Waals surface area contributed by atoms with Crippen LogP contribution in [0.4, 0.5) is 13.2 Å². The molecular weight excluding hydrogens is 277 g/mol. The van der Waals surface area contributed by atoms with Crippen molar-refractivity contribution in [2.45, 2.75) is 32.5 Å². The molecule has 6 nitrogen and oxygen atoms in total. The molecule has 0 radical (unpaired) electrons. The van der Waals surface area contributed by atoms with Crippen LogP contribution in [0.1, 0.15) is 20.3 Å². The lowest BCUT2D eigenvalue weighted by molar-refractivity contribution is -0.140. The Bertz CT molecular complexity index is 382. The van der Waals surface area contributed by atoms with Crippen LogP contribution in [-0.2, 0) is 15.0 Å². The smallest absolute Gasteiger partial charge is 0.402 e. The molecule has 3 N–H and O–H groups in total. The van der Waals surface area contributed by atoms with E-state index in [1.165, 1.54) is 11.6 Å². The van der Waals surface area contributed by atoms with Gasteiger partial charge in [-0.25, -0.2) is 0 Å². The Balaban J connectivity index is 4.67. The summed E-state index contributed by atoms with van der Waals surface area (Å²) in [5.41, 5.74) is 0. The average molecular weight is 292 g/mol. The van der Waals surface area contributed by atoms with E-state index in [-0.39, 0.29) is 0 Å². The maximum Gasteiger partial charge on any atom is 0.402 e. The molecule has 0 bridgehead atoms. The summed E-state index contributed by atoms with van der Waals surface area (Å²) in [7, 11) is -4.51. The van der Waals surface area contributed by atoms with Gasteiger partial charge in [-0.3, -0.25) is 4.79 Å². The summed E-state index contributed by atoms with van der Waals surface area (Å²) < 4.78 is 60.9. The van der Waals surface area contributed by atoms with Gasteiger partial charge in [-0.2, -0.15) is 31.0 Å². The average Bonchev–Trinajstić information content (AvgIpc) is 2.21. The Labute approximate surface area is 103 Å². The van der Waals surface area contributed by atoms with Gasteiger partial charge in [0.05, 0.1) is 0 Å². The molecule has 0 saturated carbocycles. The first kappa shape index (κ1) is 17.1. The molecule has 0 amide bonds. The van der Waals surface area contributed by atoms with E-state index < -0.39 is 40.9 Å². The molecule has 0 aromatic carbocycles. The highest BCUT2D eigenvalue weighted by atomic mass is 32.2. The quantitative estimate of drug-likeness (QED) is 0.635. The van der Waals surface area contributed by atoms with Crippen LogP contribution < -0.4 is 9.44 Å². The number of hydrogen-bond donors (Lipinski definition) is 3. The van der Waals surface area contributed by atoms with Gasteiger partial charge in [0.2, 0.25) is 0 Å². The van der Waals surface area contributed by atoms with Gasteiger partial charge in [-0.1, -0.05) is 20.3 Å². The van der Waals surface area contributed by atoms with Crippen LogP contribution in [-0.4, -0.2) is 38.3 Å². The van der Waals surface area contributed by atoms with Gasteiger partial charge in [0.1, 0.15) is 12.6 Å². The summed E-state index contributed by atoms with van der Waals surface area (Å²) in [6.45, 7) is 1.36. The van der Waals surface area contributed by atoms with Gasteiger partial charge >= 0.3 is 12.1 Å². The normalized spacial score (nSPS) is 16.3. The van der Waals surface area contributed by atoms with E-state index in [9.17, 15) is 26.4 Å². The van der Waals surface area contributed by atoms with Crippen molar-refractivity contribution in [2.24, 2.45) is 5.92 Å². The van der Waals surface area contributed by atoms with E-state index in [0.29, 0.717) is 6.42 Å². The summed E-state index contributed by atoms with van der Waals surface area (Å²) in [6, 6.07) is -1.47. The predicted octanol–water partition coefficient (Wildman–Crippen LogP) is 0.472. The van der Waals surface area contributed by atoms with E-state index in [4.69, 9.17) is 5.11 Å². The summed E-state index contributed by atoms with van der Waals surface area (Å²) >= 11 is 0. The molecule has 2 atom stereocenters. The van der Waals surface area contributed by atoms with Crippen molar-refractivity contribution in [3.63, 3.8) is 0 Å². The second kappa shape index (κ2) is 6.34. The van der Waals surface area contributed by atoms with Crippen molar-refractivity contribution in [3.05, 3.63) is 0 Å². The van der Waals surface area contributed by atoms with Crippen molar-refractivity contribution in [1.29, 1.82) is 0 Å². The third kappa shape index (κ3) is 6.77. The van der Waals surface area contributed by atoms with Crippen LogP contribution >= 0.6 is 0 Å². The lowest BCUT2D eigenvalue weighted by Gasteiger charge is -2.20. The molecule has 108 valence electrons. The minimum absolute atomic E-state index is 0.360. The number of carbonyl (C=O) groups is 1. The molecule has 0 fully saturated rings. The van der Waals surface area contributed by atoms with Crippen LogP contribution in [0.25, 0.3) is 0 Å². The summed E-state index contributed by atoms with van der Waals surface area (Å²) in [5.74, 6) is -1.99. The fourth-order valence-electron chi connectivity index (χ4n) is 1.03. The number of aliphatic carboxylic acids is 1. The van der Waals surface area contributed by atoms with Crippen molar-refractivity contribution in [1.82, 2.24) is 9.44 Å². The summed E-state index contributed by atoms with van der Waals surface area (Å²) in [6.07, 6.45) is -4.34. The first-order valence-corrected chi connectivity index (χ1v) is 6.53. The molecule has 0 aliphatic carbocycles. The SMILES string of the molecule is CCC(C)C(NS(=O)(=O)NCC(F)(F)F)C(=O)O. The van der Waals surface area contributed by atoms with Crippen LogP contribution in [0.2, 0.25) is 0 Å². The molecule has 2 unspecified atom stereocenters. The monoisotopic (exact) mass is 292 g/mol. The standard InChI is InChI=1S/C8H15F3N2O4S/c1-3-5(2)6(7(14)15)13-18(16,17)12-4-8(9,10)11/h5-6,12-13H,3-4H2,1-2H3,(H,14,15). The highest BCUT2D eigenvalue weighted by Gasteiger charge is 2.32. The van der Waals surface area contributed by atoms with E-state index >= 15 is 0 Å². The topological polar surface area (TPSA) is 95.5 Å². The molecule has 0 aromatic heterocycles. The third-order valence-electron chi connectivity index (χ3n) is 2.22. The molecule has 0 aromatic rings. The molecule has 18 heavy (non-hydrogen) atoms. The van der Waals surface area contributed by atoms with Gasteiger partial charge < -0.3 is 5.11 Å². The minimum Gasteiger partial charge on any atom is -0.480 e. The van der Waals surface area contributed by atoms with Gasteiger partial charge in [0.25, 0.3) is 10.2 Å². The Morgan fingerprint density at radius 2 is 1.89 bits per heavy atom. The number of halogens is 3. The zero-order valence-electron chi connectivity index (χ0n) is 9.78. The third-order valence-corrected chi connectivity index (χ3v) is 3.31. The number of carboxylic acid groups (broad SMARTS) is 1. The van der Waals surface area contributed by atoms with Crippen molar-refractivity contribution < 1.29 is 31.5 Å². The molecule has 10 heteroatoms. The number of rotatable bonds is 7. The Morgan fingerprint density at radius 3 is 2.22 bits per heavy atom. The zero-order valence-corrected chi connectivity index (χ0v) is 10.6. The molecular formula is C8H15F3N2O4S. The van der Waals surface area contributed by atoms with Crippen molar-refractivity contribution in [3.8, 4) is 0 Å². The number of alkyl halides is 3. The fraction of sp³-hybridized carbons (Fsp3) is 0.875. The van der Waals surface area contributed by atoms with E-state index in [0.717, 1.165) is 0 Å². The van der Waals surface area contributed by atoms with E-state index in [2.05, 4.69) is 0 Å². The van der Waals surface area contributed by atoms with Gasteiger partial charge in [-0.15, -0.1) is 0 Å². The van der Waals surface area contributed by atoms with Crippen molar-refractivity contribution in [2.75, 3.05) is 6.54 Å². The lowest BCUT2D eigenvalue weighted by Crippen LogP contribution is -2.50. The molecule has 0 heterocycles. The molecule has 0 saturated heterocycles. The first-order chi connectivity index (χ1) is 7.98. The summed E-state index contributed by atoms with van der Waals surface area (Å²) in [5, 5.41) is 8.79. The molecule has 0 rings (SSSR count). The van der Waals surface area contributed by atoms with E-state index in [1.807, 2.05) is 0 Å². The largest absolute Gasteiger partial charge is 0.480 e. The maximum absolute atomic E-state index is 11.8. The number of nitrogens with one attached hydrogen (secondary N) is 2. The van der Waals surface area contributed by atoms with Crippen LogP contribution in [0.5, 0.6) is 0 Å². The maximum atomic E-state index is 11.8. The zero-order chi connectivity index (χ0) is 14.6. The summed E-state index contributed by atoms with van der Waals surface area (Å²) in [4.78, 5) is 10.8. The Morgan fingerprint density at radius 1 is 1.39 bits per heavy atom. The lowest BCUT2D eigenvalue weighted by atomic mass is 10.0. The second-order valence-corrected chi connectivity index (χ2v) is 5.29. The first-order valence-electron chi connectivity index (χ1n) is 5.05. The minimum atomic E-state index is -4.70. The van der Waals surface area contributed by atoms with Gasteiger partial charge in [0, 0.05) is 0 Å². The number of hydrogen-bond acceptors (Lipinski definition) is 3. The van der Waals surface area contributed by atoms with Gasteiger partial charge in [0.15, 0.2) is 0 Å². The highest BCUT2D eigenvalue weighted by Crippen LogP contribution is 2.13. The predicted molar refractivity (Wildman–Crippen MR) is 57.0 cm³/mol. The van der Waals surface area contributed by atoms with Crippen LogP contribution in [0.15, 0.2) is 0 Å². The second-order valence-electron chi connectivity index (χ2n) is 3.76. The van der Waals surface area contributed by atoms with Crippen LogP contribution in [0.3, 0.4) is 0 Å². The fourth-order valence-corrected chi connectivity index (χ4v) is 2.14. The number of carboxylic acids is 1. The van der Waals surface area contributed by atoms with Crippen molar-refractivity contribution >= 4 is 16.2 Å². The highest BCUT2D eigenvalue weighted by molar-refractivity contribution is 7.87. The Hall–Kier alpha value is -0.870. The van der Waals surface area contributed by atoms with Crippen LogP contribution in [0, 0.1) is 5.92 Å². The van der Waals surface area contributed by atoms with E-state index in [1.54, 1.807) is 11.6 Å². The molecule has 0 spiro atoms. The van der Waals surface area contributed by atoms with Gasteiger partial charge in [-0.05, 0) is 5.92 Å². The molecule has 0 aliphatic rings. The Kier molecular flexibility index (Phi) is 6.04. The molecule has 0 aliphatic heterocycles.